The molecule has 0 aromatic carbocycles. The Hall–Kier alpha value is -1.06. The van der Waals surface area contributed by atoms with Crippen molar-refractivity contribution in [3.63, 3.8) is 0 Å². The summed E-state index contributed by atoms with van der Waals surface area (Å²) in [5, 5.41) is 2.76. The van der Waals surface area contributed by atoms with Gasteiger partial charge in [0.05, 0.1) is 0 Å². The fourth-order valence-corrected chi connectivity index (χ4v) is 2.11. The highest BCUT2D eigenvalue weighted by Crippen LogP contribution is 2.39. The fraction of sp³-hybridized carbons (Fsp3) is 0.857. The first-order chi connectivity index (χ1) is 8.24. The van der Waals surface area contributed by atoms with E-state index < -0.39 is 17.2 Å². The third kappa shape index (κ3) is 3.72. The Morgan fingerprint density at radius 3 is 2.06 bits per heavy atom. The quantitative estimate of drug-likeness (QED) is 0.821. The molecule has 104 valence electrons. The highest BCUT2D eigenvalue weighted by molar-refractivity contribution is 5.96. The summed E-state index contributed by atoms with van der Waals surface area (Å²) in [6.07, 6.45) is 2.64. The molecule has 1 saturated carbocycles. The molecule has 0 radical (unpaired) electrons. The molecule has 0 aromatic rings. The van der Waals surface area contributed by atoms with Gasteiger partial charge < -0.3 is 10.1 Å². The Morgan fingerprint density at radius 2 is 1.72 bits per heavy atom. The Morgan fingerprint density at radius 1 is 1.22 bits per heavy atom. The van der Waals surface area contributed by atoms with E-state index in [1.807, 2.05) is 34.6 Å². The van der Waals surface area contributed by atoms with Gasteiger partial charge in [0.2, 0.25) is 0 Å². The van der Waals surface area contributed by atoms with E-state index in [-0.39, 0.29) is 11.7 Å². The maximum atomic E-state index is 12.3. The molecule has 0 unspecified atom stereocenters. The summed E-state index contributed by atoms with van der Waals surface area (Å²) in [6.45, 7) is 9.46. The van der Waals surface area contributed by atoms with Gasteiger partial charge in [-0.2, -0.15) is 0 Å². The average Bonchev–Trinajstić information content (AvgIpc) is 2.97. The minimum Gasteiger partial charge on any atom is -0.444 e. The van der Waals surface area contributed by atoms with E-state index in [1.54, 1.807) is 0 Å². The molecule has 0 heterocycles. The van der Waals surface area contributed by atoms with Crippen LogP contribution < -0.4 is 5.32 Å². The molecule has 0 spiro atoms. The smallest absolute Gasteiger partial charge is 0.408 e. The number of Topliss-reactive ketones (excluding diaryl/α,β-unsaturated/α-hetero) is 1. The third-order valence-electron chi connectivity index (χ3n) is 3.32. The first-order valence-corrected chi connectivity index (χ1v) is 6.79. The number of ketones is 1. The average molecular weight is 255 g/mol. The zero-order valence-corrected chi connectivity index (χ0v) is 12.1. The molecule has 1 amide bonds. The summed E-state index contributed by atoms with van der Waals surface area (Å²) < 4.78 is 5.21. The normalized spacial score (nSPS) is 17.4. The van der Waals surface area contributed by atoms with Crippen LogP contribution in [0.3, 0.4) is 0 Å². The van der Waals surface area contributed by atoms with Crippen LogP contribution in [0.4, 0.5) is 4.79 Å². The van der Waals surface area contributed by atoms with Crippen molar-refractivity contribution in [2.45, 2.75) is 71.4 Å². The van der Waals surface area contributed by atoms with Crippen molar-refractivity contribution in [3.05, 3.63) is 0 Å². The van der Waals surface area contributed by atoms with Crippen molar-refractivity contribution in [1.29, 1.82) is 0 Å². The van der Waals surface area contributed by atoms with Crippen LogP contribution in [0.2, 0.25) is 0 Å². The molecule has 1 rings (SSSR count). The fourth-order valence-electron chi connectivity index (χ4n) is 2.11. The second-order valence-electron chi connectivity index (χ2n) is 6.09. The van der Waals surface area contributed by atoms with E-state index in [0.717, 1.165) is 25.7 Å². The summed E-state index contributed by atoms with van der Waals surface area (Å²) >= 11 is 0. The molecule has 1 fully saturated rings. The molecule has 1 N–H and O–H groups in total. The van der Waals surface area contributed by atoms with E-state index >= 15 is 0 Å². The van der Waals surface area contributed by atoms with Gasteiger partial charge in [-0.3, -0.25) is 4.79 Å². The second-order valence-corrected chi connectivity index (χ2v) is 6.09. The van der Waals surface area contributed by atoms with E-state index in [4.69, 9.17) is 4.74 Å². The van der Waals surface area contributed by atoms with Gasteiger partial charge in [0, 0.05) is 5.92 Å². The number of ether oxygens (including phenoxy) is 1. The highest BCUT2D eigenvalue weighted by Gasteiger charge is 2.52. The maximum Gasteiger partial charge on any atom is 0.408 e. The van der Waals surface area contributed by atoms with Crippen LogP contribution in [0, 0.1) is 5.92 Å². The molecule has 4 nitrogen and oxygen atoms in total. The van der Waals surface area contributed by atoms with Crippen LogP contribution in [-0.2, 0) is 9.53 Å². The van der Waals surface area contributed by atoms with Crippen LogP contribution in [0.1, 0.15) is 60.3 Å². The number of carbonyl (C=O) groups is 2. The number of amides is 1. The molecule has 18 heavy (non-hydrogen) atoms. The third-order valence-corrected chi connectivity index (χ3v) is 3.32. The second kappa shape index (κ2) is 5.29. The first kappa shape index (κ1) is 15.0. The number of hydrogen-bond donors (Lipinski definition) is 1. The summed E-state index contributed by atoms with van der Waals surface area (Å²) in [4.78, 5) is 24.1. The first-order valence-electron chi connectivity index (χ1n) is 6.79. The maximum absolute atomic E-state index is 12.3. The molecule has 1 aliphatic rings. The van der Waals surface area contributed by atoms with Gasteiger partial charge in [-0.05, 0) is 46.5 Å². The Labute approximate surface area is 109 Å². The summed E-state index contributed by atoms with van der Waals surface area (Å²) in [7, 11) is 0. The number of hydrogen-bond acceptors (Lipinski definition) is 3. The predicted molar refractivity (Wildman–Crippen MR) is 70.4 cm³/mol. The van der Waals surface area contributed by atoms with Crippen LogP contribution in [0.5, 0.6) is 0 Å². The molecule has 4 heteroatoms. The van der Waals surface area contributed by atoms with E-state index in [1.165, 1.54) is 0 Å². The zero-order chi connectivity index (χ0) is 14.0. The molecule has 1 aliphatic carbocycles. The van der Waals surface area contributed by atoms with Gasteiger partial charge in [0.15, 0.2) is 5.78 Å². The van der Waals surface area contributed by atoms with Crippen molar-refractivity contribution >= 4 is 11.9 Å². The van der Waals surface area contributed by atoms with E-state index in [9.17, 15) is 9.59 Å². The topological polar surface area (TPSA) is 55.4 Å². The molecular weight excluding hydrogens is 230 g/mol. The molecule has 0 saturated heterocycles. The number of rotatable bonds is 5. The minimum atomic E-state index is -0.640. The lowest BCUT2D eigenvalue weighted by molar-refractivity contribution is -0.126. The molecule has 0 aliphatic heterocycles. The lowest BCUT2D eigenvalue weighted by atomic mass is 9.92. The lowest BCUT2D eigenvalue weighted by Crippen LogP contribution is -2.47. The van der Waals surface area contributed by atoms with Gasteiger partial charge in [0.1, 0.15) is 11.1 Å². The van der Waals surface area contributed by atoms with Crippen molar-refractivity contribution in [2.75, 3.05) is 0 Å². The SMILES string of the molecule is CCC(CC)C(=O)C1(NC(=O)OC(C)(C)C)CC1. The van der Waals surface area contributed by atoms with Gasteiger partial charge in [-0.25, -0.2) is 4.79 Å². The van der Waals surface area contributed by atoms with Gasteiger partial charge in [-0.15, -0.1) is 0 Å². The standard InChI is InChI=1S/C14H25NO3/c1-6-10(7-2)11(16)14(8-9-14)15-12(17)18-13(3,4)5/h10H,6-9H2,1-5H3,(H,15,17). The molecule has 0 atom stereocenters. The van der Waals surface area contributed by atoms with Crippen molar-refractivity contribution in [3.8, 4) is 0 Å². The molecular formula is C14H25NO3. The van der Waals surface area contributed by atoms with E-state index in [2.05, 4.69) is 5.32 Å². The largest absolute Gasteiger partial charge is 0.444 e. The lowest BCUT2D eigenvalue weighted by Gasteiger charge is -2.24. The Bertz CT molecular complexity index is 322. The number of nitrogens with one attached hydrogen (secondary N) is 1. The minimum absolute atomic E-state index is 0.0439. The number of alkyl carbamates (subject to hydrolysis) is 1. The van der Waals surface area contributed by atoms with Crippen LogP contribution in [-0.4, -0.2) is 23.0 Å². The van der Waals surface area contributed by atoms with Gasteiger partial charge in [-0.1, -0.05) is 13.8 Å². The molecule has 0 bridgehead atoms. The molecule has 0 aromatic heterocycles. The van der Waals surface area contributed by atoms with Crippen molar-refractivity contribution in [2.24, 2.45) is 5.92 Å². The summed E-state index contributed by atoms with van der Waals surface area (Å²) in [6, 6.07) is 0. The van der Waals surface area contributed by atoms with Crippen molar-refractivity contribution in [1.82, 2.24) is 5.32 Å². The van der Waals surface area contributed by atoms with Gasteiger partial charge in [0.25, 0.3) is 0 Å². The van der Waals surface area contributed by atoms with Crippen LogP contribution in [0.25, 0.3) is 0 Å². The predicted octanol–water partition coefficient (Wildman–Crippen LogP) is 3.05. The van der Waals surface area contributed by atoms with Gasteiger partial charge >= 0.3 is 6.09 Å². The zero-order valence-electron chi connectivity index (χ0n) is 12.1. The summed E-state index contributed by atoms with van der Waals surface area (Å²) in [5.74, 6) is 0.209. The monoisotopic (exact) mass is 255 g/mol. The highest BCUT2D eigenvalue weighted by atomic mass is 16.6. The van der Waals surface area contributed by atoms with Crippen LogP contribution >= 0.6 is 0 Å². The Kier molecular flexibility index (Phi) is 4.41. The Balaban J connectivity index is 2.61. The van der Waals surface area contributed by atoms with E-state index in [0.29, 0.717) is 0 Å². The number of carbonyl (C=O) groups excluding carboxylic acids is 2. The summed E-state index contributed by atoms with van der Waals surface area (Å²) in [5.41, 5.74) is -1.17. The van der Waals surface area contributed by atoms with Crippen molar-refractivity contribution < 1.29 is 14.3 Å². The van der Waals surface area contributed by atoms with Crippen LogP contribution in [0.15, 0.2) is 0 Å².